The third kappa shape index (κ3) is 5.39. The van der Waals surface area contributed by atoms with Crippen molar-refractivity contribution in [3.63, 3.8) is 0 Å². The van der Waals surface area contributed by atoms with Crippen molar-refractivity contribution in [1.29, 1.82) is 0 Å². The van der Waals surface area contributed by atoms with Crippen LogP contribution in [0.4, 0.5) is 0 Å². The SMILES string of the molecule is C1=C(c2ccccc2)OC(c2ccccc2)=CC1=c1ccc(=C2C=C(c3ccccc3)OC(c3ccccc3)=C2)cc1. The average Bonchev–Trinajstić information content (AvgIpc) is 3.09. The zero-order valence-electron chi connectivity index (χ0n) is 23.0. The Morgan fingerprint density at radius 2 is 0.500 bits per heavy atom. The maximum atomic E-state index is 6.40. The maximum absolute atomic E-state index is 6.40. The van der Waals surface area contributed by atoms with Crippen molar-refractivity contribution in [3.05, 3.63) is 203 Å². The number of hydrogen-bond donors (Lipinski definition) is 0. The minimum atomic E-state index is 0.834. The molecule has 5 aromatic rings. The van der Waals surface area contributed by atoms with Gasteiger partial charge in [0.05, 0.1) is 0 Å². The first kappa shape index (κ1) is 25.4. The minimum absolute atomic E-state index is 0.834. The van der Waals surface area contributed by atoms with Crippen molar-refractivity contribution in [3.8, 4) is 0 Å². The summed E-state index contributed by atoms with van der Waals surface area (Å²) >= 11 is 0. The molecule has 0 saturated carbocycles. The second kappa shape index (κ2) is 11.5. The smallest absolute Gasteiger partial charge is 0.135 e. The Labute approximate surface area is 245 Å². The normalized spacial score (nSPS) is 14.6. The molecule has 200 valence electrons. The molecule has 42 heavy (non-hydrogen) atoms. The van der Waals surface area contributed by atoms with Crippen LogP contribution in [0.25, 0.3) is 34.2 Å². The third-order valence-electron chi connectivity index (χ3n) is 7.37. The molecular weight excluding hydrogens is 512 g/mol. The largest absolute Gasteiger partial charge is 0.456 e. The van der Waals surface area contributed by atoms with Crippen molar-refractivity contribution in [1.82, 2.24) is 0 Å². The summed E-state index contributed by atoms with van der Waals surface area (Å²) in [5, 5.41) is 2.24. The van der Waals surface area contributed by atoms with E-state index >= 15 is 0 Å². The Morgan fingerprint density at radius 1 is 0.262 bits per heavy atom. The van der Waals surface area contributed by atoms with E-state index < -0.39 is 0 Å². The lowest BCUT2D eigenvalue weighted by atomic mass is 10.0. The summed E-state index contributed by atoms with van der Waals surface area (Å²) in [5.74, 6) is 3.34. The number of benzene rings is 5. The first-order chi connectivity index (χ1) is 20.8. The number of rotatable bonds is 4. The van der Waals surface area contributed by atoms with Crippen molar-refractivity contribution >= 4 is 34.2 Å². The van der Waals surface area contributed by atoms with E-state index in [1.54, 1.807) is 0 Å². The highest BCUT2D eigenvalue weighted by Crippen LogP contribution is 2.33. The summed E-state index contributed by atoms with van der Waals surface area (Å²) in [5.41, 5.74) is 6.38. The predicted molar refractivity (Wildman–Crippen MR) is 172 cm³/mol. The molecule has 7 rings (SSSR count). The van der Waals surface area contributed by atoms with Crippen LogP contribution >= 0.6 is 0 Å². The van der Waals surface area contributed by atoms with E-state index in [1.165, 1.54) is 0 Å². The fourth-order valence-corrected chi connectivity index (χ4v) is 5.17. The van der Waals surface area contributed by atoms with Crippen LogP contribution in [0.1, 0.15) is 22.3 Å². The molecule has 0 radical (unpaired) electrons. The monoisotopic (exact) mass is 540 g/mol. The van der Waals surface area contributed by atoms with Gasteiger partial charge in [-0.3, -0.25) is 0 Å². The van der Waals surface area contributed by atoms with E-state index in [0.717, 1.165) is 66.9 Å². The minimum Gasteiger partial charge on any atom is -0.456 e. The van der Waals surface area contributed by atoms with Crippen LogP contribution in [-0.2, 0) is 9.47 Å². The fraction of sp³-hybridized carbons (Fsp3) is 0. The van der Waals surface area contributed by atoms with Gasteiger partial charge in [0.25, 0.3) is 0 Å². The van der Waals surface area contributed by atoms with E-state index in [0.29, 0.717) is 0 Å². The van der Waals surface area contributed by atoms with E-state index in [-0.39, 0.29) is 0 Å². The van der Waals surface area contributed by atoms with E-state index in [1.807, 2.05) is 72.8 Å². The topological polar surface area (TPSA) is 18.5 Å². The zero-order chi connectivity index (χ0) is 28.1. The summed E-state index contributed by atoms with van der Waals surface area (Å²) in [6.45, 7) is 0. The predicted octanol–water partition coefficient (Wildman–Crippen LogP) is 8.21. The quantitative estimate of drug-likeness (QED) is 0.229. The summed E-state index contributed by atoms with van der Waals surface area (Å²) in [6, 6.07) is 49.7. The summed E-state index contributed by atoms with van der Waals surface area (Å²) in [6.07, 6.45) is 8.50. The second-order valence-corrected chi connectivity index (χ2v) is 10.2. The summed E-state index contributed by atoms with van der Waals surface area (Å²) in [4.78, 5) is 0. The Morgan fingerprint density at radius 3 is 0.738 bits per heavy atom. The van der Waals surface area contributed by atoms with Crippen molar-refractivity contribution in [2.45, 2.75) is 0 Å². The molecule has 5 aromatic carbocycles. The molecular formula is C40H28O2. The van der Waals surface area contributed by atoms with Crippen LogP contribution in [0.15, 0.2) is 170 Å². The van der Waals surface area contributed by atoms with E-state index in [2.05, 4.69) is 97.1 Å². The maximum Gasteiger partial charge on any atom is 0.135 e. The van der Waals surface area contributed by atoms with Gasteiger partial charge in [0, 0.05) is 22.3 Å². The Hall–Kier alpha value is -5.60. The van der Waals surface area contributed by atoms with Crippen LogP contribution in [0.3, 0.4) is 0 Å². The molecule has 2 nitrogen and oxygen atoms in total. The summed E-state index contributed by atoms with van der Waals surface area (Å²) in [7, 11) is 0. The van der Waals surface area contributed by atoms with Crippen LogP contribution in [0.5, 0.6) is 0 Å². The molecule has 0 atom stereocenters. The lowest BCUT2D eigenvalue weighted by Crippen LogP contribution is -2.14. The van der Waals surface area contributed by atoms with Crippen molar-refractivity contribution in [2.75, 3.05) is 0 Å². The van der Waals surface area contributed by atoms with Crippen LogP contribution < -0.4 is 10.4 Å². The highest BCUT2D eigenvalue weighted by molar-refractivity contribution is 5.90. The molecule has 0 unspecified atom stereocenters. The molecule has 0 aromatic heterocycles. The van der Waals surface area contributed by atoms with Crippen LogP contribution in [0, 0.1) is 0 Å². The standard InChI is InChI=1S/C40H28O2/c1-5-13-31(14-6-1)37-25-35(26-38(41-37)32-15-7-2-8-16-32)29-21-23-30(24-22-29)36-27-39(33-17-9-3-10-18-33)42-40(28-36)34-19-11-4-12-20-34/h1-28H. The molecule has 2 aliphatic rings. The highest BCUT2D eigenvalue weighted by atomic mass is 16.5. The molecule has 0 saturated heterocycles. The van der Waals surface area contributed by atoms with Gasteiger partial charge in [0.2, 0.25) is 0 Å². The second-order valence-electron chi connectivity index (χ2n) is 10.2. The van der Waals surface area contributed by atoms with Gasteiger partial charge >= 0.3 is 0 Å². The van der Waals surface area contributed by atoms with Gasteiger partial charge in [-0.2, -0.15) is 0 Å². The number of allylic oxidation sites excluding steroid dienone is 4. The molecule has 0 bridgehead atoms. The number of hydrogen-bond acceptors (Lipinski definition) is 2. The molecule has 2 aliphatic heterocycles. The van der Waals surface area contributed by atoms with Gasteiger partial charge < -0.3 is 9.47 Å². The van der Waals surface area contributed by atoms with Crippen LogP contribution in [0.2, 0.25) is 0 Å². The lowest BCUT2D eigenvalue weighted by Gasteiger charge is -2.19. The summed E-state index contributed by atoms with van der Waals surface area (Å²) < 4.78 is 12.8. The first-order valence-corrected chi connectivity index (χ1v) is 14.1. The lowest BCUT2D eigenvalue weighted by molar-refractivity contribution is 0.468. The molecule has 0 spiro atoms. The van der Waals surface area contributed by atoms with Gasteiger partial charge in [-0.1, -0.05) is 146 Å². The Bertz CT molecular complexity index is 1690. The molecule has 0 aliphatic carbocycles. The van der Waals surface area contributed by atoms with Gasteiger partial charge in [0.15, 0.2) is 0 Å². The molecule has 2 heterocycles. The number of ether oxygens (including phenoxy) is 2. The molecule has 0 amide bonds. The average molecular weight is 541 g/mol. The van der Waals surface area contributed by atoms with Gasteiger partial charge in [0.1, 0.15) is 23.0 Å². The van der Waals surface area contributed by atoms with Gasteiger partial charge in [-0.25, -0.2) is 0 Å². The van der Waals surface area contributed by atoms with Gasteiger partial charge in [-0.15, -0.1) is 0 Å². The highest BCUT2D eigenvalue weighted by Gasteiger charge is 2.17. The van der Waals surface area contributed by atoms with E-state index in [9.17, 15) is 0 Å². The fourth-order valence-electron chi connectivity index (χ4n) is 5.17. The first-order valence-electron chi connectivity index (χ1n) is 14.1. The molecule has 0 N–H and O–H groups in total. The van der Waals surface area contributed by atoms with Crippen LogP contribution in [-0.4, -0.2) is 0 Å². The van der Waals surface area contributed by atoms with Crippen molar-refractivity contribution in [2.24, 2.45) is 0 Å². The zero-order valence-corrected chi connectivity index (χ0v) is 23.0. The Kier molecular flexibility index (Phi) is 6.94. The van der Waals surface area contributed by atoms with Gasteiger partial charge in [-0.05, 0) is 45.9 Å². The van der Waals surface area contributed by atoms with E-state index in [4.69, 9.17) is 9.47 Å². The molecule has 2 heteroatoms. The molecule has 0 fully saturated rings. The van der Waals surface area contributed by atoms with Crippen molar-refractivity contribution < 1.29 is 9.47 Å². The Balaban J connectivity index is 1.36. The third-order valence-corrected chi connectivity index (χ3v) is 7.37.